The molecule has 0 bridgehead atoms. The molecular formula is C23H24N4O. The third-order valence-electron chi connectivity index (χ3n) is 4.93. The van der Waals surface area contributed by atoms with Crippen molar-refractivity contribution >= 4 is 28.9 Å². The van der Waals surface area contributed by atoms with E-state index in [1.165, 1.54) is 5.56 Å². The molecule has 0 spiro atoms. The van der Waals surface area contributed by atoms with Crippen molar-refractivity contribution in [2.75, 3.05) is 10.6 Å². The number of nitrogens with zero attached hydrogens (tertiary/aromatic N) is 2. The van der Waals surface area contributed by atoms with E-state index in [4.69, 9.17) is 0 Å². The van der Waals surface area contributed by atoms with E-state index in [1.807, 2.05) is 62.4 Å². The van der Waals surface area contributed by atoms with Gasteiger partial charge in [-0.05, 0) is 56.0 Å². The number of carbonyl (C=O) groups is 1. The second-order valence-electron chi connectivity index (χ2n) is 7.64. The fraction of sp³-hybridized carbons (Fsp3) is 0.261. The first-order chi connectivity index (χ1) is 13.5. The first-order valence-corrected chi connectivity index (χ1v) is 9.59. The summed E-state index contributed by atoms with van der Waals surface area (Å²) in [5.41, 5.74) is 5.60. The van der Waals surface area contributed by atoms with Crippen LogP contribution in [0.25, 0.3) is 0 Å². The third kappa shape index (κ3) is 3.88. The van der Waals surface area contributed by atoms with Gasteiger partial charge in [0.05, 0.1) is 11.3 Å². The highest BCUT2D eigenvalue weighted by molar-refractivity contribution is 6.03. The topological polar surface area (TPSA) is 66.9 Å². The quantitative estimate of drug-likeness (QED) is 0.646. The van der Waals surface area contributed by atoms with E-state index in [9.17, 15) is 4.79 Å². The first-order valence-electron chi connectivity index (χ1n) is 9.59. The Balaban J connectivity index is 1.74. The molecule has 1 aliphatic carbocycles. The van der Waals surface area contributed by atoms with Gasteiger partial charge in [0.1, 0.15) is 5.82 Å². The van der Waals surface area contributed by atoms with Gasteiger partial charge in [0.25, 0.3) is 0 Å². The van der Waals surface area contributed by atoms with Gasteiger partial charge in [-0.25, -0.2) is 4.98 Å². The van der Waals surface area contributed by atoms with Crippen LogP contribution in [0.1, 0.15) is 40.5 Å². The van der Waals surface area contributed by atoms with Crippen LogP contribution in [-0.2, 0) is 6.42 Å². The standard InChI is InChI=1S/C23H24N4O/c1-14-7-9-17(10-8-14)24-22-21-19(12-16(3)13-20(21)28)26-23(27-22)25-18-6-4-5-15(2)11-18/h4-11,16H,12-13H2,1-3H3,(H2,24,25,26,27). The summed E-state index contributed by atoms with van der Waals surface area (Å²) >= 11 is 0. The van der Waals surface area contributed by atoms with Crippen LogP contribution >= 0.6 is 0 Å². The number of hydrogen-bond acceptors (Lipinski definition) is 5. The van der Waals surface area contributed by atoms with Crippen LogP contribution in [-0.4, -0.2) is 15.8 Å². The van der Waals surface area contributed by atoms with E-state index >= 15 is 0 Å². The fourth-order valence-electron chi connectivity index (χ4n) is 3.54. The molecule has 1 unspecified atom stereocenters. The number of benzene rings is 2. The van der Waals surface area contributed by atoms with Crippen molar-refractivity contribution in [2.24, 2.45) is 5.92 Å². The predicted molar refractivity (Wildman–Crippen MR) is 113 cm³/mol. The molecule has 5 heteroatoms. The molecule has 0 saturated carbocycles. The van der Waals surface area contributed by atoms with Crippen molar-refractivity contribution in [1.29, 1.82) is 0 Å². The number of Topliss-reactive ketones (excluding diaryl/α,β-unsaturated/α-hetero) is 1. The van der Waals surface area contributed by atoms with E-state index in [-0.39, 0.29) is 11.7 Å². The van der Waals surface area contributed by atoms with Gasteiger partial charge in [-0.15, -0.1) is 0 Å². The predicted octanol–water partition coefficient (Wildman–Crippen LogP) is 5.35. The van der Waals surface area contributed by atoms with Crippen LogP contribution in [0, 0.1) is 19.8 Å². The molecule has 0 amide bonds. The molecule has 1 aliphatic rings. The van der Waals surface area contributed by atoms with Crippen LogP contribution in [0.5, 0.6) is 0 Å². The summed E-state index contributed by atoms with van der Waals surface area (Å²) < 4.78 is 0. The number of ketones is 1. The molecule has 142 valence electrons. The van der Waals surface area contributed by atoms with Gasteiger partial charge < -0.3 is 10.6 Å². The maximum atomic E-state index is 12.7. The SMILES string of the molecule is Cc1ccc(Nc2nc(Nc3cccc(C)c3)nc3c2C(=O)CC(C)C3)cc1. The van der Waals surface area contributed by atoms with E-state index in [0.717, 1.165) is 29.1 Å². The highest BCUT2D eigenvalue weighted by atomic mass is 16.1. The summed E-state index contributed by atoms with van der Waals surface area (Å²) in [6, 6.07) is 16.1. The van der Waals surface area contributed by atoms with Gasteiger partial charge in [-0.2, -0.15) is 4.98 Å². The number of fused-ring (bicyclic) bond motifs is 1. The van der Waals surface area contributed by atoms with E-state index in [2.05, 4.69) is 27.5 Å². The molecule has 1 atom stereocenters. The summed E-state index contributed by atoms with van der Waals surface area (Å²) in [6.45, 7) is 6.18. The van der Waals surface area contributed by atoms with E-state index in [1.54, 1.807) is 0 Å². The van der Waals surface area contributed by atoms with Gasteiger partial charge in [-0.3, -0.25) is 4.79 Å². The fourth-order valence-corrected chi connectivity index (χ4v) is 3.54. The van der Waals surface area contributed by atoms with Crippen molar-refractivity contribution in [2.45, 2.75) is 33.6 Å². The van der Waals surface area contributed by atoms with Gasteiger partial charge in [0, 0.05) is 17.8 Å². The lowest BCUT2D eigenvalue weighted by atomic mass is 9.87. The normalized spacial score (nSPS) is 15.8. The van der Waals surface area contributed by atoms with Gasteiger partial charge in [-0.1, -0.05) is 36.8 Å². The lowest BCUT2D eigenvalue weighted by Crippen LogP contribution is -2.22. The maximum Gasteiger partial charge on any atom is 0.229 e. The van der Waals surface area contributed by atoms with Gasteiger partial charge >= 0.3 is 0 Å². The zero-order chi connectivity index (χ0) is 19.7. The molecule has 0 fully saturated rings. The average molecular weight is 372 g/mol. The Labute approximate surface area is 165 Å². The highest BCUT2D eigenvalue weighted by Crippen LogP contribution is 2.32. The lowest BCUT2D eigenvalue weighted by Gasteiger charge is -2.23. The average Bonchev–Trinajstić information content (AvgIpc) is 2.63. The minimum atomic E-state index is 0.102. The smallest absolute Gasteiger partial charge is 0.229 e. The Morgan fingerprint density at radius 2 is 1.68 bits per heavy atom. The van der Waals surface area contributed by atoms with Crippen molar-refractivity contribution < 1.29 is 4.79 Å². The number of aromatic nitrogens is 2. The summed E-state index contributed by atoms with van der Waals surface area (Å²) in [4.78, 5) is 22.1. The van der Waals surface area contributed by atoms with Crippen molar-refractivity contribution in [3.8, 4) is 0 Å². The third-order valence-corrected chi connectivity index (χ3v) is 4.93. The summed E-state index contributed by atoms with van der Waals surface area (Å²) in [5.74, 6) is 1.46. The minimum absolute atomic E-state index is 0.102. The first kappa shape index (κ1) is 18.2. The van der Waals surface area contributed by atoms with Crippen LogP contribution in [0.4, 0.5) is 23.1 Å². The number of anilines is 4. The monoisotopic (exact) mass is 372 g/mol. The molecule has 0 radical (unpaired) electrons. The van der Waals surface area contributed by atoms with Crippen molar-refractivity contribution in [3.63, 3.8) is 0 Å². The molecule has 0 saturated heterocycles. The second-order valence-corrected chi connectivity index (χ2v) is 7.64. The van der Waals surface area contributed by atoms with Crippen molar-refractivity contribution in [1.82, 2.24) is 9.97 Å². The molecule has 1 aromatic heterocycles. The lowest BCUT2D eigenvalue weighted by molar-refractivity contribution is 0.0953. The Bertz CT molecular complexity index is 1030. The largest absolute Gasteiger partial charge is 0.339 e. The molecule has 3 aromatic rings. The molecule has 2 N–H and O–H groups in total. The molecule has 4 rings (SSSR count). The Hall–Kier alpha value is -3.21. The Morgan fingerprint density at radius 3 is 2.43 bits per heavy atom. The molecule has 5 nitrogen and oxygen atoms in total. The highest BCUT2D eigenvalue weighted by Gasteiger charge is 2.28. The van der Waals surface area contributed by atoms with E-state index in [0.29, 0.717) is 23.8 Å². The van der Waals surface area contributed by atoms with Crippen LogP contribution < -0.4 is 10.6 Å². The number of carbonyl (C=O) groups excluding carboxylic acids is 1. The summed E-state index contributed by atoms with van der Waals surface area (Å²) in [6.07, 6.45) is 1.30. The molecular weight excluding hydrogens is 348 g/mol. The summed E-state index contributed by atoms with van der Waals surface area (Å²) in [5, 5.41) is 6.62. The number of nitrogens with one attached hydrogen (secondary N) is 2. The molecule has 28 heavy (non-hydrogen) atoms. The minimum Gasteiger partial charge on any atom is -0.339 e. The Kier molecular flexibility index (Phi) is 4.82. The second kappa shape index (κ2) is 7.43. The van der Waals surface area contributed by atoms with Crippen LogP contribution in [0.2, 0.25) is 0 Å². The number of rotatable bonds is 4. The van der Waals surface area contributed by atoms with Crippen molar-refractivity contribution in [3.05, 3.63) is 70.9 Å². The summed E-state index contributed by atoms with van der Waals surface area (Å²) in [7, 11) is 0. The number of hydrogen-bond donors (Lipinski definition) is 2. The molecule has 2 aromatic carbocycles. The molecule has 1 heterocycles. The number of aryl methyl sites for hydroxylation is 2. The van der Waals surface area contributed by atoms with Gasteiger partial charge in [0.15, 0.2) is 5.78 Å². The Morgan fingerprint density at radius 1 is 0.893 bits per heavy atom. The molecule has 0 aliphatic heterocycles. The zero-order valence-electron chi connectivity index (χ0n) is 16.4. The van der Waals surface area contributed by atoms with Crippen LogP contribution in [0.3, 0.4) is 0 Å². The van der Waals surface area contributed by atoms with Crippen LogP contribution in [0.15, 0.2) is 48.5 Å². The zero-order valence-corrected chi connectivity index (χ0v) is 16.4. The van der Waals surface area contributed by atoms with E-state index < -0.39 is 0 Å². The maximum absolute atomic E-state index is 12.7. The van der Waals surface area contributed by atoms with Gasteiger partial charge in [0.2, 0.25) is 5.95 Å².